The molecule has 1 aromatic heterocycles. The number of aromatic nitrogens is 3. The van der Waals surface area contributed by atoms with Gasteiger partial charge in [0.05, 0.1) is 12.2 Å². The van der Waals surface area contributed by atoms with Crippen molar-refractivity contribution in [3.8, 4) is 0 Å². The van der Waals surface area contributed by atoms with E-state index in [1.54, 1.807) is 17.8 Å². The van der Waals surface area contributed by atoms with Crippen molar-refractivity contribution in [2.24, 2.45) is 11.3 Å². The van der Waals surface area contributed by atoms with Crippen LogP contribution < -0.4 is 10.6 Å². The molecule has 0 radical (unpaired) electrons. The maximum atomic E-state index is 13.7. The first-order chi connectivity index (χ1) is 22.7. The third-order valence-electron chi connectivity index (χ3n) is 8.73. The van der Waals surface area contributed by atoms with Gasteiger partial charge in [0.1, 0.15) is 24.7 Å². The first-order valence-corrected chi connectivity index (χ1v) is 16.8. The molecule has 3 amide bonds. The first kappa shape index (κ1) is 38.9. The van der Waals surface area contributed by atoms with E-state index in [-0.39, 0.29) is 18.3 Å². The molecular formula is C38H54N6O5. The minimum atomic E-state index is -1.05. The summed E-state index contributed by atoms with van der Waals surface area (Å²) in [6.07, 6.45) is 5.07. The van der Waals surface area contributed by atoms with Gasteiger partial charge in [-0.1, -0.05) is 80.5 Å². The van der Waals surface area contributed by atoms with Gasteiger partial charge in [-0.15, -0.1) is 5.10 Å². The van der Waals surface area contributed by atoms with E-state index in [2.05, 4.69) is 87.3 Å². The van der Waals surface area contributed by atoms with Crippen LogP contribution in [0, 0.1) is 32.1 Å². The fourth-order valence-corrected chi connectivity index (χ4v) is 6.34. The third-order valence-corrected chi connectivity index (χ3v) is 8.73. The summed E-state index contributed by atoms with van der Waals surface area (Å²) in [4.78, 5) is 54.8. The highest BCUT2D eigenvalue weighted by Gasteiger charge is 2.33. The van der Waals surface area contributed by atoms with Gasteiger partial charge in [-0.25, -0.2) is 4.68 Å². The van der Waals surface area contributed by atoms with Gasteiger partial charge in [0, 0.05) is 32.0 Å². The molecule has 1 fully saturated rings. The lowest BCUT2D eigenvalue weighted by molar-refractivity contribution is -0.149. The second-order valence-corrected chi connectivity index (χ2v) is 14.6. The van der Waals surface area contributed by atoms with Crippen LogP contribution in [-0.2, 0) is 36.9 Å². The molecule has 2 heterocycles. The standard InChI is InChI=1S/C38H54N6O5/c1-22-13-25(4)31(26(5)14-22)21-44-20-30(41-42-44)17-32-36(47)39-19-34(46)49-35(27(6)15-23(2)18-38(9,10)11)28(7)24(3)16-33(45)40-29(8)37(48)43(32)12/h13-15,18,20,28-29,32,35H,3,16-17,19,21H2,1-2,4-12H3,(H,39,47)(H,40,45)/b23-18+,27-15+/t28-,29+,32?,35+/m1/s1. The first-order valence-electron chi connectivity index (χ1n) is 16.8. The number of allylic oxidation sites excluding steroid dienone is 3. The number of cyclic esters (lactones) is 1. The highest BCUT2D eigenvalue weighted by molar-refractivity contribution is 5.93. The minimum absolute atomic E-state index is 0.0351. The number of esters is 1. The van der Waals surface area contributed by atoms with E-state index in [9.17, 15) is 19.2 Å². The Morgan fingerprint density at radius 3 is 2.33 bits per heavy atom. The number of ether oxygens (including phenoxy) is 1. The van der Waals surface area contributed by atoms with Crippen LogP contribution in [0.15, 0.2) is 53.8 Å². The molecule has 0 saturated carbocycles. The summed E-state index contributed by atoms with van der Waals surface area (Å²) in [5, 5.41) is 14.0. The zero-order valence-electron chi connectivity index (χ0n) is 31.1. The normalized spacial score (nSPS) is 22.7. The van der Waals surface area contributed by atoms with Crippen LogP contribution in [-0.4, -0.2) is 75.4 Å². The van der Waals surface area contributed by atoms with E-state index in [1.165, 1.54) is 17.5 Å². The van der Waals surface area contributed by atoms with Crippen molar-refractivity contribution in [1.82, 2.24) is 30.5 Å². The molecule has 1 aliphatic rings. The Labute approximate surface area is 291 Å². The number of nitrogens with one attached hydrogen (secondary N) is 2. The Morgan fingerprint density at radius 2 is 1.71 bits per heavy atom. The van der Waals surface area contributed by atoms with Crippen molar-refractivity contribution in [3.05, 3.63) is 81.7 Å². The fourth-order valence-electron chi connectivity index (χ4n) is 6.34. The number of hydrogen-bond acceptors (Lipinski definition) is 7. The van der Waals surface area contributed by atoms with Crippen LogP contribution in [0.1, 0.15) is 82.8 Å². The van der Waals surface area contributed by atoms with Crippen molar-refractivity contribution in [2.75, 3.05) is 13.6 Å². The maximum absolute atomic E-state index is 13.7. The molecule has 0 aliphatic carbocycles. The summed E-state index contributed by atoms with van der Waals surface area (Å²) in [5.74, 6) is -2.52. The highest BCUT2D eigenvalue weighted by atomic mass is 16.5. The van der Waals surface area contributed by atoms with Gasteiger partial charge < -0.3 is 20.3 Å². The zero-order chi connectivity index (χ0) is 36.8. The van der Waals surface area contributed by atoms with Crippen molar-refractivity contribution in [3.63, 3.8) is 0 Å². The Balaban J connectivity index is 1.90. The Hall–Kier alpha value is -4.54. The predicted octanol–water partition coefficient (Wildman–Crippen LogP) is 4.69. The molecule has 266 valence electrons. The van der Waals surface area contributed by atoms with E-state index < -0.39 is 54.3 Å². The molecule has 11 nitrogen and oxygen atoms in total. The third kappa shape index (κ3) is 11.0. The molecule has 2 N–H and O–H groups in total. The molecule has 1 aromatic carbocycles. The number of carbonyl (C=O) groups excluding carboxylic acids is 4. The summed E-state index contributed by atoms with van der Waals surface area (Å²) in [5.41, 5.74) is 7.36. The average Bonchev–Trinajstić information content (AvgIpc) is 3.43. The second-order valence-electron chi connectivity index (χ2n) is 14.6. The number of likely N-dealkylation sites (N-methyl/N-ethyl adjacent to an activating group) is 1. The van der Waals surface area contributed by atoms with E-state index in [0.717, 1.165) is 27.8 Å². The van der Waals surface area contributed by atoms with Crippen molar-refractivity contribution in [2.45, 2.75) is 107 Å². The van der Waals surface area contributed by atoms with E-state index >= 15 is 0 Å². The van der Waals surface area contributed by atoms with E-state index in [4.69, 9.17) is 4.74 Å². The van der Waals surface area contributed by atoms with Crippen LogP contribution in [0.2, 0.25) is 0 Å². The summed E-state index contributed by atoms with van der Waals surface area (Å²) in [6.45, 7) is 23.9. The predicted molar refractivity (Wildman–Crippen MR) is 190 cm³/mol. The molecule has 49 heavy (non-hydrogen) atoms. The second kappa shape index (κ2) is 16.2. The number of nitrogens with zero attached hydrogens (tertiary/aromatic N) is 4. The van der Waals surface area contributed by atoms with Crippen LogP contribution in [0.3, 0.4) is 0 Å². The number of rotatable bonds is 6. The Morgan fingerprint density at radius 1 is 1.08 bits per heavy atom. The number of benzene rings is 1. The van der Waals surface area contributed by atoms with Crippen molar-refractivity contribution >= 4 is 23.7 Å². The molecule has 0 bridgehead atoms. The topological polar surface area (TPSA) is 136 Å². The Bertz CT molecular complexity index is 1620. The van der Waals surface area contributed by atoms with E-state index in [0.29, 0.717) is 17.8 Å². The van der Waals surface area contributed by atoms with Gasteiger partial charge in [0.25, 0.3) is 0 Å². The van der Waals surface area contributed by atoms with Gasteiger partial charge in [-0.3, -0.25) is 19.2 Å². The average molecular weight is 675 g/mol. The van der Waals surface area contributed by atoms with Gasteiger partial charge in [-0.05, 0) is 69.2 Å². The molecule has 3 rings (SSSR count). The summed E-state index contributed by atoms with van der Waals surface area (Å²) >= 11 is 0. The van der Waals surface area contributed by atoms with Crippen LogP contribution in [0.25, 0.3) is 0 Å². The SMILES string of the molecule is C=C1CC(=O)N[C@@H](C)C(=O)N(C)C(Cc2cn(Cc3c(C)cc(C)cc3C)nn2)C(=O)NCC(=O)O[C@@H](/C(C)=C/C(C)=C/C(C)(C)C)[C@@H]1C. The van der Waals surface area contributed by atoms with Crippen LogP contribution in [0.4, 0.5) is 0 Å². The number of hydrogen-bond donors (Lipinski definition) is 2. The number of amides is 3. The smallest absolute Gasteiger partial charge is 0.326 e. The molecule has 2 aromatic rings. The molecule has 1 aliphatic heterocycles. The Kier molecular flexibility index (Phi) is 12.9. The van der Waals surface area contributed by atoms with Gasteiger partial charge in [-0.2, -0.15) is 0 Å². The van der Waals surface area contributed by atoms with Crippen LogP contribution >= 0.6 is 0 Å². The monoisotopic (exact) mass is 674 g/mol. The fraction of sp³-hybridized carbons (Fsp3) is 0.526. The molecule has 1 saturated heterocycles. The van der Waals surface area contributed by atoms with Crippen molar-refractivity contribution < 1.29 is 23.9 Å². The highest BCUT2D eigenvalue weighted by Crippen LogP contribution is 2.27. The summed E-state index contributed by atoms with van der Waals surface area (Å²) < 4.78 is 7.65. The van der Waals surface area contributed by atoms with Crippen LogP contribution in [0.5, 0.6) is 0 Å². The van der Waals surface area contributed by atoms with Gasteiger partial charge in [0.15, 0.2) is 0 Å². The van der Waals surface area contributed by atoms with E-state index in [1.807, 2.05) is 26.8 Å². The lowest BCUT2D eigenvalue weighted by Gasteiger charge is -2.29. The number of aryl methyl sites for hydroxylation is 3. The minimum Gasteiger partial charge on any atom is -0.456 e. The molecular weight excluding hydrogens is 620 g/mol. The largest absolute Gasteiger partial charge is 0.456 e. The maximum Gasteiger partial charge on any atom is 0.326 e. The molecule has 1 unspecified atom stereocenters. The molecule has 0 spiro atoms. The summed E-state index contributed by atoms with van der Waals surface area (Å²) in [6, 6.07) is 2.27. The zero-order valence-corrected chi connectivity index (χ0v) is 31.1. The van der Waals surface area contributed by atoms with Gasteiger partial charge >= 0.3 is 5.97 Å². The lowest BCUT2D eigenvalue weighted by atomic mass is 9.88. The lowest BCUT2D eigenvalue weighted by Crippen LogP contribution is -2.54. The molecule has 11 heteroatoms. The van der Waals surface area contributed by atoms with Gasteiger partial charge in [0.2, 0.25) is 17.7 Å². The number of carbonyl (C=O) groups is 4. The molecule has 4 atom stereocenters. The quantitative estimate of drug-likeness (QED) is 0.258. The van der Waals surface area contributed by atoms with Crippen molar-refractivity contribution in [1.29, 1.82) is 0 Å². The summed E-state index contributed by atoms with van der Waals surface area (Å²) in [7, 11) is 1.49.